The summed E-state index contributed by atoms with van der Waals surface area (Å²) >= 11 is 0. The molecule has 4 bridgehead atoms. The number of rotatable bonds is 6. The number of phenols is 2. The summed E-state index contributed by atoms with van der Waals surface area (Å²) in [6, 6.07) is 13.1. The van der Waals surface area contributed by atoms with E-state index in [4.69, 9.17) is 0 Å². The molecule has 2 heteroatoms. The van der Waals surface area contributed by atoms with E-state index in [9.17, 15) is 10.2 Å². The first-order valence-electron chi connectivity index (χ1n) is 13.0. The molecule has 0 spiro atoms. The van der Waals surface area contributed by atoms with Gasteiger partial charge in [-0.2, -0.15) is 0 Å². The van der Waals surface area contributed by atoms with Gasteiger partial charge in [0.25, 0.3) is 0 Å². The molecule has 2 N–H and O–H groups in total. The summed E-state index contributed by atoms with van der Waals surface area (Å²) in [7, 11) is 0. The molecule has 2 unspecified atom stereocenters. The van der Waals surface area contributed by atoms with Crippen LogP contribution in [0.1, 0.15) is 113 Å². The normalized spacial score (nSPS) is 32.8. The lowest BCUT2D eigenvalue weighted by Crippen LogP contribution is -2.56. The number of hydrogen-bond donors (Lipinski definition) is 2. The maximum Gasteiger partial charge on any atom is 0.119 e. The van der Waals surface area contributed by atoms with Crippen LogP contribution in [0, 0.1) is 11.8 Å². The van der Waals surface area contributed by atoms with E-state index < -0.39 is 0 Å². The lowest BCUT2D eigenvalue weighted by atomic mass is 9.41. The molecule has 172 valence electrons. The van der Waals surface area contributed by atoms with E-state index in [0.717, 1.165) is 35.8 Å². The molecule has 6 rings (SSSR count). The van der Waals surface area contributed by atoms with Crippen LogP contribution in [-0.2, 0) is 10.8 Å². The first-order chi connectivity index (χ1) is 15.3. The Labute approximate surface area is 194 Å². The monoisotopic (exact) mass is 432 g/mol. The van der Waals surface area contributed by atoms with E-state index >= 15 is 0 Å². The van der Waals surface area contributed by atoms with E-state index in [0.29, 0.717) is 23.3 Å². The Hall–Kier alpha value is -1.96. The highest BCUT2D eigenvalue weighted by atomic mass is 16.3. The fourth-order valence-electron chi connectivity index (χ4n) is 7.94. The summed E-state index contributed by atoms with van der Waals surface area (Å²) in [4.78, 5) is 0. The van der Waals surface area contributed by atoms with Crippen molar-refractivity contribution >= 4 is 0 Å². The zero-order chi connectivity index (χ0) is 22.7. The van der Waals surface area contributed by atoms with Gasteiger partial charge < -0.3 is 10.2 Å². The predicted octanol–water partition coefficient (Wildman–Crippen LogP) is 7.91. The van der Waals surface area contributed by atoms with Crippen molar-refractivity contribution in [1.29, 1.82) is 0 Å². The van der Waals surface area contributed by atoms with E-state index in [-0.39, 0.29) is 10.8 Å². The van der Waals surface area contributed by atoms with Gasteiger partial charge in [-0.25, -0.2) is 0 Å². The van der Waals surface area contributed by atoms with Crippen LogP contribution in [0.5, 0.6) is 11.5 Å². The molecule has 4 saturated carbocycles. The molecule has 2 atom stereocenters. The minimum Gasteiger partial charge on any atom is -0.508 e. The quantitative estimate of drug-likeness (QED) is 0.487. The van der Waals surface area contributed by atoms with Crippen molar-refractivity contribution in [3.05, 3.63) is 58.7 Å². The van der Waals surface area contributed by atoms with Crippen molar-refractivity contribution in [2.24, 2.45) is 11.8 Å². The first-order valence-corrected chi connectivity index (χ1v) is 13.0. The predicted molar refractivity (Wildman–Crippen MR) is 132 cm³/mol. The Morgan fingerprint density at radius 2 is 1.16 bits per heavy atom. The van der Waals surface area contributed by atoms with Crippen molar-refractivity contribution in [2.45, 2.75) is 102 Å². The average Bonchev–Trinajstić information content (AvgIpc) is 2.77. The van der Waals surface area contributed by atoms with E-state index in [1.165, 1.54) is 49.7 Å². The minimum atomic E-state index is 0.231. The zero-order valence-electron chi connectivity index (χ0n) is 20.3. The SMILES string of the molecule is CCC(C)c1cc(C23CC4CC(C2)CC(c2ccc(O)c(C(C)CC)c2)(C4)C3)ccc1O. The van der Waals surface area contributed by atoms with Crippen LogP contribution in [0.15, 0.2) is 36.4 Å². The number of phenolic OH excluding ortho intramolecular Hbond substituents is 2. The fourth-order valence-corrected chi connectivity index (χ4v) is 7.94. The Balaban J connectivity index is 1.58. The van der Waals surface area contributed by atoms with Crippen LogP contribution in [0.25, 0.3) is 0 Å². The van der Waals surface area contributed by atoms with Gasteiger partial charge in [0.2, 0.25) is 0 Å². The molecular weight excluding hydrogens is 392 g/mol. The van der Waals surface area contributed by atoms with E-state index in [1.54, 1.807) is 0 Å². The number of aromatic hydroxyl groups is 2. The van der Waals surface area contributed by atoms with Crippen molar-refractivity contribution in [3.8, 4) is 11.5 Å². The highest BCUT2D eigenvalue weighted by Crippen LogP contribution is 2.66. The van der Waals surface area contributed by atoms with Crippen LogP contribution in [0.2, 0.25) is 0 Å². The third-order valence-corrected chi connectivity index (χ3v) is 9.63. The highest BCUT2D eigenvalue weighted by Gasteiger charge is 2.58. The minimum absolute atomic E-state index is 0.231. The second-order valence-corrected chi connectivity index (χ2v) is 11.7. The first kappa shape index (κ1) is 21.9. The standard InChI is InChI=1S/C30H40O2/c1-5-19(3)25-12-23(7-9-27(25)31)29-14-21-11-22(15-29)17-30(16-21,18-29)24-8-10-28(32)26(13-24)20(4)6-2/h7-10,12-13,19-22,31-32H,5-6,11,14-18H2,1-4H3. The lowest BCUT2D eigenvalue weighted by molar-refractivity contribution is -0.0282. The maximum absolute atomic E-state index is 10.6. The summed E-state index contributed by atoms with van der Waals surface area (Å²) < 4.78 is 0. The fraction of sp³-hybridized carbons (Fsp3) is 0.600. The van der Waals surface area contributed by atoms with Crippen molar-refractivity contribution in [3.63, 3.8) is 0 Å². The Morgan fingerprint density at radius 3 is 1.53 bits per heavy atom. The molecule has 32 heavy (non-hydrogen) atoms. The molecule has 4 aliphatic carbocycles. The summed E-state index contributed by atoms with van der Waals surface area (Å²) in [5, 5.41) is 21.1. The van der Waals surface area contributed by atoms with Gasteiger partial charge in [0.05, 0.1) is 0 Å². The van der Waals surface area contributed by atoms with Crippen LogP contribution in [-0.4, -0.2) is 10.2 Å². The van der Waals surface area contributed by atoms with Crippen molar-refractivity contribution in [2.75, 3.05) is 0 Å². The molecule has 0 radical (unpaired) electrons. The van der Waals surface area contributed by atoms with Crippen molar-refractivity contribution in [1.82, 2.24) is 0 Å². The second kappa shape index (κ2) is 7.82. The third-order valence-electron chi connectivity index (χ3n) is 9.63. The van der Waals surface area contributed by atoms with Gasteiger partial charge in [0.15, 0.2) is 0 Å². The summed E-state index contributed by atoms with van der Waals surface area (Å²) in [6.07, 6.45) is 9.88. The molecule has 0 amide bonds. The van der Waals surface area contributed by atoms with Gasteiger partial charge in [-0.05, 0) is 120 Å². The summed E-state index contributed by atoms with van der Waals surface area (Å²) in [5.41, 5.74) is 5.63. The molecule has 0 aliphatic heterocycles. The highest BCUT2D eigenvalue weighted by molar-refractivity contribution is 5.46. The third kappa shape index (κ3) is 3.37. The van der Waals surface area contributed by atoms with Crippen LogP contribution in [0.3, 0.4) is 0 Å². The summed E-state index contributed by atoms with van der Waals surface area (Å²) in [5.74, 6) is 3.26. The van der Waals surface area contributed by atoms with E-state index in [1.807, 2.05) is 12.1 Å². The van der Waals surface area contributed by atoms with Gasteiger partial charge in [0.1, 0.15) is 11.5 Å². The van der Waals surface area contributed by atoms with Gasteiger partial charge in [-0.1, -0.05) is 52.0 Å². The molecule has 2 aromatic carbocycles. The molecule has 2 aromatic rings. The molecule has 4 aliphatic rings. The Kier molecular flexibility index (Phi) is 5.34. The molecule has 2 nitrogen and oxygen atoms in total. The summed E-state index contributed by atoms with van der Waals surface area (Å²) in [6.45, 7) is 8.87. The molecule has 0 saturated heterocycles. The average molecular weight is 433 g/mol. The molecule has 0 heterocycles. The zero-order valence-corrected chi connectivity index (χ0v) is 20.3. The van der Waals surface area contributed by atoms with Gasteiger partial charge in [-0.3, -0.25) is 0 Å². The maximum atomic E-state index is 10.6. The second-order valence-electron chi connectivity index (χ2n) is 11.7. The largest absolute Gasteiger partial charge is 0.508 e. The van der Waals surface area contributed by atoms with Gasteiger partial charge >= 0.3 is 0 Å². The van der Waals surface area contributed by atoms with Crippen LogP contribution >= 0.6 is 0 Å². The Morgan fingerprint density at radius 1 is 0.750 bits per heavy atom. The van der Waals surface area contributed by atoms with Gasteiger partial charge in [0, 0.05) is 0 Å². The molecule has 4 fully saturated rings. The van der Waals surface area contributed by atoms with Crippen LogP contribution < -0.4 is 0 Å². The Bertz CT molecular complexity index is 914. The topological polar surface area (TPSA) is 40.5 Å². The smallest absolute Gasteiger partial charge is 0.119 e. The number of hydrogen-bond acceptors (Lipinski definition) is 2. The molecule has 0 aromatic heterocycles. The van der Waals surface area contributed by atoms with Crippen molar-refractivity contribution < 1.29 is 10.2 Å². The van der Waals surface area contributed by atoms with Crippen LogP contribution in [0.4, 0.5) is 0 Å². The van der Waals surface area contributed by atoms with Gasteiger partial charge in [-0.15, -0.1) is 0 Å². The molecular formula is C30H40O2. The lowest BCUT2D eigenvalue weighted by Gasteiger charge is -2.63. The number of benzene rings is 2. The van der Waals surface area contributed by atoms with E-state index in [2.05, 4.69) is 52.0 Å².